The van der Waals surface area contributed by atoms with Crippen molar-refractivity contribution in [3.05, 3.63) is 35.9 Å². The minimum Gasteiger partial charge on any atom is -0.481 e. The summed E-state index contributed by atoms with van der Waals surface area (Å²) in [5.41, 5.74) is 0.990. The molecule has 0 bridgehead atoms. The molecule has 4 heteroatoms. The SMILES string of the molecule is CC(=O)SC[C@@H](C(=O)O)[C@H](C)c1ccccc1. The molecule has 1 aromatic rings. The summed E-state index contributed by atoms with van der Waals surface area (Å²) in [5.74, 6) is -1.16. The fourth-order valence-electron chi connectivity index (χ4n) is 1.63. The molecule has 0 saturated heterocycles. The van der Waals surface area contributed by atoms with Crippen LogP contribution in [0, 0.1) is 5.92 Å². The van der Waals surface area contributed by atoms with Crippen molar-refractivity contribution >= 4 is 22.8 Å². The quantitative estimate of drug-likeness (QED) is 0.875. The highest BCUT2D eigenvalue weighted by Gasteiger charge is 2.26. The first-order chi connectivity index (χ1) is 8.02. The van der Waals surface area contributed by atoms with Crippen LogP contribution in [0.3, 0.4) is 0 Å². The summed E-state index contributed by atoms with van der Waals surface area (Å²) < 4.78 is 0. The molecule has 0 unspecified atom stereocenters. The summed E-state index contributed by atoms with van der Waals surface area (Å²) in [7, 11) is 0. The van der Waals surface area contributed by atoms with Crippen LogP contribution in [-0.4, -0.2) is 21.9 Å². The van der Waals surface area contributed by atoms with Crippen LogP contribution in [0.5, 0.6) is 0 Å². The Morgan fingerprint density at radius 3 is 2.35 bits per heavy atom. The molecule has 1 rings (SSSR count). The van der Waals surface area contributed by atoms with Gasteiger partial charge in [0, 0.05) is 12.7 Å². The third kappa shape index (κ3) is 4.23. The first-order valence-electron chi connectivity index (χ1n) is 5.43. The third-order valence-corrected chi connectivity index (χ3v) is 3.64. The second-order valence-electron chi connectivity index (χ2n) is 3.95. The highest BCUT2D eigenvalue weighted by atomic mass is 32.2. The van der Waals surface area contributed by atoms with Gasteiger partial charge >= 0.3 is 5.97 Å². The summed E-state index contributed by atoms with van der Waals surface area (Å²) >= 11 is 1.07. The maximum Gasteiger partial charge on any atom is 0.307 e. The van der Waals surface area contributed by atoms with E-state index in [2.05, 4.69) is 0 Å². The van der Waals surface area contributed by atoms with E-state index in [1.54, 1.807) is 0 Å². The molecular weight excluding hydrogens is 236 g/mol. The van der Waals surface area contributed by atoms with E-state index in [-0.39, 0.29) is 11.0 Å². The number of aliphatic carboxylic acids is 1. The molecule has 0 aliphatic heterocycles. The van der Waals surface area contributed by atoms with E-state index in [9.17, 15) is 14.7 Å². The average molecular weight is 252 g/mol. The Morgan fingerprint density at radius 1 is 1.29 bits per heavy atom. The second kappa shape index (κ2) is 6.45. The molecule has 17 heavy (non-hydrogen) atoms. The molecule has 0 heterocycles. The molecule has 3 nitrogen and oxygen atoms in total. The van der Waals surface area contributed by atoms with Gasteiger partial charge in [0.15, 0.2) is 5.12 Å². The van der Waals surface area contributed by atoms with Crippen LogP contribution in [0.15, 0.2) is 30.3 Å². The van der Waals surface area contributed by atoms with Crippen molar-refractivity contribution in [3.63, 3.8) is 0 Å². The van der Waals surface area contributed by atoms with E-state index < -0.39 is 11.9 Å². The largest absolute Gasteiger partial charge is 0.481 e. The van der Waals surface area contributed by atoms with Crippen LogP contribution in [0.2, 0.25) is 0 Å². The van der Waals surface area contributed by atoms with Crippen molar-refractivity contribution in [2.24, 2.45) is 5.92 Å². The molecule has 0 aliphatic rings. The van der Waals surface area contributed by atoms with Crippen LogP contribution in [0.1, 0.15) is 25.3 Å². The Hall–Kier alpha value is -1.29. The Balaban J connectivity index is 2.77. The van der Waals surface area contributed by atoms with E-state index in [0.717, 1.165) is 17.3 Å². The van der Waals surface area contributed by atoms with Gasteiger partial charge in [-0.15, -0.1) is 0 Å². The van der Waals surface area contributed by atoms with Gasteiger partial charge < -0.3 is 5.11 Å². The first kappa shape index (κ1) is 13.8. The zero-order chi connectivity index (χ0) is 12.8. The Kier molecular flexibility index (Phi) is 5.22. The van der Waals surface area contributed by atoms with Crippen molar-refractivity contribution in [1.29, 1.82) is 0 Å². The number of thioether (sulfide) groups is 1. The molecular formula is C13H16O3S. The molecule has 0 aromatic heterocycles. The molecule has 1 aromatic carbocycles. The lowest BCUT2D eigenvalue weighted by molar-refractivity contribution is -0.141. The zero-order valence-corrected chi connectivity index (χ0v) is 10.7. The molecule has 0 fully saturated rings. The molecule has 92 valence electrons. The maximum atomic E-state index is 11.2. The molecule has 2 atom stereocenters. The number of carboxylic acids is 1. The third-order valence-electron chi connectivity index (χ3n) is 2.71. The maximum absolute atomic E-state index is 11.2. The van der Waals surface area contributed by atoms with Crippen molar-refractivity contribution in [2.75, 3.05) is 5.75 Å². The smallest absolute Gasteiger partial charge is 0.307 e. The highest BCUT2D eigenvalue weighted by Crippen LogP contribution is 2.27. The lowest BCUT2D eigenvalue weighted by Gasteiger charge is -2.19. The molecule has 0 spiro atoms. The predicted octanol–water partition coefficient (Wildman–Crippen LogP) is 2.77. The van der Waals surface area contributed by atoms with Crippen LogP contribution >= 0.6 is 11.8 Å². The van der Waals surface area contributed by atoms with Crippen LogP contribution in [0.25, 0.3) is 0 Å². The van der Waals surface area contributed by atoms with E-state index in [1.807, 2.05) is 37.3 Å². The van der Waals surface area contributed by atoms with E-state index in [0.29, 0.717) is 5.75 Å². The van der Waals surface area contributed by atoms with Gasteiger partial charge in [0.05, 0.1) is 5.92 Å². The van der Waals surface area contributed by atoms with E-state index in [1.165, 1.54) is 6.92 Å². The molecule has 0 saturated carbocycles. The highest BCUT2D eigenvalue weighted by molar-refractivity contribution is 8.13. The van der Waals surface area contributed by atoms with Crippen molar-refractivity contribution in [3.8, 4) is 0 Å². The van der Waals surface area contributed by atoms with Gasteiger partial charge in [0.2, 0.25) is 0 Å². The second-order valence-corrected chi connectivity index (χ2v) is 5.14. The lowest BCUT2D eigenvalue weighted by Crippen LogP contribution is -2.23. The van der Waals surface area contributed by atoms with E-state index >= 15 is 0 Å². The number of carbonyl (C=O) groups excluding carboxylic acids is 1. The Labute approximate surface area is 105 Å². The standard InChI is InChI=1S/C13H16O3S/c1-9(11-6-4-3-5-7-11)12(13(15)16)8-17-10(2)14/h3-7,9,12H,8H2,1-2H3,(H,15,16)/t9-,12-/m1/s1. The fourth-order valence-corrected chi connectivity index (χ4v) is 2.47. The molecule has 0 radical (unpaired) electrons. The number of hydrogen-bond acceptors (Lipinski definition) is 3. The summed E-state index contributed by atoms with van der Waals surface area (Å²) in [6.45, 7) is 3.34. The summed E-state index contributed by atoms with van der Waals surface area (Å²) in [4.78, 5) is 22.1. The van der Waals surface area contributed by atoms with Gasteiger partial charge in [-0.2, -0.15) is 0 Å². The van der Waals surface area contributed by atoms with Crippen molar-refractivity contribution < 1.29 is 14.7 Å². The zero-order valence-electron chi connectivity index (χ0n) is 9.92. The minimum absolute atomic E-state index is 0.0449. The van der Waals surface area contributed by atoms with E-state index in [4.69, 9.17) is 0 Å². The Morgan fingerprint density at radius 2 is 1.88 bits per heavy atom. The number of carboxylic acid groups (broad SMARTS) is 1. The van der Waals surface area contributed by atoms with Gasteiger partial charge in [-0.1, -0.05) is 49.0 Å². The predicted molar refractivity (Wildman–Crippen MR) is 69.1 cm³/mol. The van der Waals surface area contributed by atoms with Gasteiger partial charge in [-0.3, -0.25) is 9.59 Å². The normalized spacial score (nSPS) is 14.0. The van der Waals surface area contributed by atoms with Crippen LogP contribution < -0.4 is 0 Å². The summed E-state index contributed by atoms with van der Waals surface area (Å²) in [6, 6.07) is 9.51. The van der Waals surface area contributed by atoms with Gasteiger partial charge in [0.25, 0.3) is 0 Å². The first-order valence-corrected chi connectivity index (χ1v) is 6.42. The summed E-state index contributed by atoms with van der Waals surface area (Å²) in [6.07, 6.45) is 0. The van der Waals surface area contributed by atoms with Crippen LogP contribution in [0.4, 0.5) is 0 Å². The topological polar surface area (TPSA) is 54.4 Å². The lowest BCUT2D eigenvalue weighted by atomic mass is 9.89. The van der Waals surface area contributed by atoms with Gasteiger partial charge in [-0.25, -0.2) is 0 Å². The fraction of sp³-hybridized carbons (Fsp3) is 0.385. The summed E-state index contributed by atoms with van der Waals surface area (Å²) in [5, 5.41) is 9.15. The number of carbonyl (C=O) groups is 2. The van der Waals surface area contributed by atoms with Crippen molar-refractivity contribution in [2.45, 2.75) is 19.8 Å². The molecule has 0 aliphatic carbocycles. The Bertz CT molecular complexity index is 389. The molecule has 0 amide bonds. The van der Waals surface area contributed by atoms with Crippen molar-refractivity contribution in [1.82, 2.24) is 0 Å². The molecule has 1 N–H and O–H groups in total. The number of hydrogen-bond donors (Lipinski definition) is 1. The number of rotatable bonds is 5. The average Bonchev–Trinajstić information content (AvgIpc) is 2.29. The number of benzene rings is 1. The van der Waals surface area contributed by atoms with Crippen LogP contribution in [-0.2, 0) is 9.59 Å². The minimum atomic E-state index is -0.852. The monoisotopic (exact) mass is 252 g/mol. The van der Waals surface area contributed by atoms with Gasteiger partial charge in [-0.05, 0) is 11.5 Å². The van der Waals surface area contributed by atoms with Gasteiger partial charge in [0.1, 0.15) is 0 Å².